The summed E-state index contributed by atoms with van der Waals surface area (Å²) in [6.07, 6.45) is 10.9. The third kappa shape index (κ3) is 4.47. The van der Waals surface area contributed by atoms with E-state index in [2.05, 4.69) is 16.2 Å². The zero-order valence-corrected chi connectivity index (χ0v) is 15.9. The lowest BCUT2D eigenvalue weighted by Gasteiger charge is -2.39. The Kier molecular flexibility index (Phi) is 6.38. The van der Waals surface area contributed by atoms with Crippen LogP contribution in [0.2, 0.25) is 0 Å². The monoisotopic (exact) mass is 344 g/mol. The molecule has 0 aromatic heterocycles. The van der Waals surface area contributed by atoms with Crippen LogP contribution >= 0.6 is 9.24 Å². The first-order valence-electron chi connectivity index (χ1n) is 10.1. The molecule has 3 aliphatic rings. The smallest absolute Gasteiger partial charge is 0.137 e. The third-order valence-electron chi connectivity index (χ3n) is 7.35. The summed E-state index contributed by atoms with van der Waals surface area (Å²) in [6, 6.07) is 0. The Hall–Kier alpha value is 0.290. The lowest BCUT2D eigenvalue weighted by molar-refractivity contribution is 0.122. The zero-order chi connectivity index (χ0) is 16.4. The minimum atomic E-state index is -1.26. The number of hydrogen-bond acceptors (Lipinski definition) is 0. The Morgan fingerprint density at radius 2 is 1.09 bits per heavy atom. The van der Waals surface area contributed by atoms with Gasteiger partial charge in [-0.15, -0.1) is 9.24 Å². The Morgan fingerprint density at radius 1 is 0.652 bits per heavy atom. The second-order valence-electron chi connectivity index (χ2n) is 8.89. The molecule has 3 rings (SSSR count). The Balaban J connectivity index is 1.48. The SMILES string of the molecule is CC1CCC(C2CCC(C3CCC(F)C(F)C(P)C3)CC2)CC1. The van der Waals surface area contributed by atoms with Crippen molar-refractivity contribution in [3.05, 3.63) is 0 Å². The van der Waals surface area contributed by atoms with Gasteiger partial charge in [-0.05, 0) is 87.4 Å². The molecule has 134 valence electrons. The topological polar surface area (TPSA) is 0 Å². The lowest BCUT2D eigenvalue weighted by atomic mass is 9.67. The fourth-order valence-electron chi connectivity index (χ4n) is 5.67. The molecule has 0 N–H and O–H groups in total. The Labute approximate surface area is 143 Å². The van der Waals surface area contributed by atoms with Crippen LogP contribution in [0.4, 0.5) is 8.78 Å². The van der Waals surface area contributed by atoms with Crippen LogP contribution in [0.5, 0.6) is 0 Å². The maximum Gasteiger partial charge on any atom is 0.137 e. The normalized spacial score (nSPS) is 49.6. The van der Waals surface area contributed by atoms with Crippen molar-refractivity contribution in [3.63, 3.8) is 0 Å². The first-order valence-corrected chi connectivity index (χ1v) is 10.7. The molecule has 5 atom stereocenters. The zero-order valence-electron chi connectivity index (χ0n) is 14.7. The van der Waals surface area contributed by atoms with E-state index in [-0.39, 0.29) is 5.66 Å². The molecule has 0 bridgehead atoms. The van der Waals surface area contributed by atoms with E-state index in [1.807, 2.05) is 0 Å². The van der Waals surface area contributed by atoms with Crippen LogP contribution in [0, 0.1) is 29.6 Å². The molecular weight excluding hydrogens is 309 g/mol. The first kappa shape index (κ1) is 18.1. The number of alkyl halides is 2. The summed E-state index contributed by atoms with van der Waals surface area (Å²) in [6.45, 7) is 2.40. The van der Waals surface area contributed by atoms with Gasteiger partial charge in [0.25, 0.3) is 0 Å². The van der Waals surface area contributed by atoms with Crippen molar-refractivity contribution in [1.29, 1.82) is 0 Å². The quantitative estimate of drug-likeness (QED) is 0.405. The van der Waals surface area contributed by atoms with Crippen LogP contribution in [-0.2, 0) is 0 Å². The van der Waals surface area contributed by atoms with E-state index in [4.69, 9.17) is 0 Å². The van der Waals surface area contributed by atoms with E-state index < -0.39 is 12.3 Å². The minimum Gasteiger partial charge on any atom is -0.244 e. The third-order valence-corrected chi connectivity index (χ3v) is 7.99. The summed E-state index contributed by atoms with van der Waals surface area (Å²) in [7, 11) is 2.59. The number of halogens is 2. The van der Waals surface area contributed by atoms with Crippen LogP contribution in [-0.4, -0.2) is 18.0 Å². The van der Waals surface area contributed by atoms with Gasteiger partial charge in [-0.2, -0.15) is 0 Å². The van der Waals surface area contributed by atoms with E-state index in [1.165, 1.54) is 51.4 Å². The van der Waals surface area contributed by atoms with Crippen LogP contribution in [0.3, 0.4) is 0 Å². The average Bonchev–Trinajstić information content (AvgIpc) is 2.69. The molecule has 5 unspecified atom stereocenters. The fraction of sp³-hybridized carbons (Fsp3) is 1.00. The predicted octanol–water partition coefficient (Wildman–Crippen LogP) is 6.34. The molecule has 3 heteroatoms. The molecule has 0 aromatic carbocycles. The van der Waals surface area contributed by atoms with Gasteiger partial charge in [0, 0.05) is 5.66 Å². The highest BCUT2D eigenvalue weighted by Crippen LogP contribution is 2.46. The predicted molar refractivity (Wildman–Crippen MR) is 97.2 cm³/mol. The van der Waals surface area contributed by atoms with E-state index in [9.17, 15) is 8.78 Å². The Bertz CT molecular complexity index is 359. The van der Waals surface area contributed by atoms with Gasteiger partial charge >= 0.3 is 0 Å². The molecule has 3 saturated carbocycles. The molecular formula is C20H35F2P. The molecule has 3 fully saturated rings. The van der Waals surface area contributed by atoms with Gasteiger partial charge in [-0.25, -0.2) is 8.78 Å². The Morgan fingerprint density at radius 3 is 1.65 bits per heavy atom. The van der Waals surface area contributed by atoms with Crippen LogP contribution in [0.25, 0.3) is 0 Å². The van der Waals surface area contributed by atoms with Gasteiger partial charge in [-0.3, -0.25) is 0 Å². The summed E-state index contributed by atoms with van der Waals surface area (Å²) >= 11 is 0. The van der Waals surface area contributed by atoms with Crippen molar-refractivity contribution >= 4 is 9.24 Å². The van der Waals surface area contributed by atoms with Gasteiger partial charge in [0.1, 0.15) is 12.3 Å². The second kappa shape index (κ2) is 8.11. The molecule has 0 aliphatic heterocycles. The van der Waals surface area contributed by atoms with Gasteiger partial charge < -0.3 is 0 Å². The largest absolute Gasteiger partial charge is 0.244 e. The first-order chi connectivity index (χ1) is 11.0. The molecule has 0 nitrogen and oxygen atoms in total. The standard InChI is InChI=1S/C20H35F2P/c1-13-2-4-14(5-3-13)15-6-8-16(9-7-15)17-10-11-18(21)20(22)19(23)12-17/h13-20H,2-12,23H2,1H3. The summed E-state index contributed by atoms with van der Waals surface area (Å²) in [5, 5.41) is 0. The van der Waals surface area contributed by atoms with Gasteiger partial charge in [0.15, 0.2) is 0 Å². The van der Waals surface area contributed by atoms with E-state index in [1.54, 1.807) is 0 Å². The highest BCUT2D eigenvalue weighted by atomic mass is 31.0. The maximum atomic E-state index is 13.9. The fourth-order valence-corrected chi connectivity index (χ4v) is 6.26. The van der Waals surface area contributed by atoms with Gasteiger partial charge in [-0.1, -0.05) is 19.8 Å². The highest BCUT2D eigenvalue weighted by Gasteiger charge is 2.38. The van der Waals surface area contributed by atoms with Crippen LogP contribution < -0.4 is 0 Å². The van der Waals surface area contributed by atoms with Crippen molar-refractivity contribution in [2.45, 2.75) is 95.6 Å². The summed E-state index contributed by atoms with van der Waals surface area (Å²) in [5.74, 6) is 4.15. The van der Waals surface area contributed by atoms with Crippen molar-refractivity contribution in [1.82, 2.24) is 0 Å². The average molecular weight is 344 g/mol. The number of rotatable bonds is 2. The second-order valence-corrected chi connectivity index (χ2v) is 9.75. The highest BCUT2D eigenvalue weighted by molar-refractivity contribution is 7.17. The molecule has 0 saturated heterocycles. The molecule has 0 amide bonds. The van der Waals surface area contributed by atoms with Gasteiger partial charge in [0.2, 0.25) is 0 Å². The summed E-state index contributed by atoms with van der Waals surface area (Å²) in [5.41, 5.74) is -0.171. The molecule has 0 spiro atoms. The van der Waals surface area contributed by atoms with Crippen molar-refractivity contribution < 1.29 is 8.78 Å². The minimum absolute atomic E-state index is 0.171. The van der Waals surface area contributed by atoms with Crippen molar-refractivity contribution in [3.8, 4) is 0 Å². The summed E-state index contributed by atoms with van der Waals surface area (Å²) < 4.78 is 27.7. The van der Waals surface area contributed by atoms with E-state index in [0.29, 0.717) is 12.3 Å². The molecule has 0 aromatic rings. The van der Waals surface area contributed by atoms with Gasteiger partial charge in [0.05, 0.1) is 0 Å². The van der Waals surface area contributed by atoms with Crippen molar-refractivity contribution in [2.24, 2.45) is 29.6 Å². The molecule has 3 aliphatic carbocycles. The number of hydrogen-bond donors (Lipinski definition) is 0. The van der Waals surface area contributed by atoms with Crippen molar-refractivity contribution in [2.75, 3.05) is 0 Å². The molecule has 0 heterocycles. The summed E-state index contributed by atoms with van der Waals surface area (Å²) in [4.78, 5) is 0. The van der Waals surface area contributed by atoms with E-state index in [0.717, 1.165) is 36.5 Å². The lowest BCUT2D eigenvalue weighted by Crippen LogP contribution is -2.29. The molecule has 0 radical (unpaired) electrons. The maximum absolute atomic E-state index is 13.9. The van der Waals surface area contributed by atoms with Crippen LogP contribution in [0.1, 0.15) is 77.6 Å². The molecule has 23 heavy (non-hydrogen) atoms. The van der Waals surface area contributed by atoms with E-state index >= 15 is 0 Å². The van der Waals surface area contributed by atoms with Crippen LogP contribution in [0.15, 0.2) is 0 Å².